The number of carbonyl (C=O) groups excluding carboxylic acids is 1. The van der Waals surface area contributed by atoms with Crippen molar-refractivity contribution in [3.05, 3.63) is 51.8 Å². The van der Waals surface area contributed by atoms with Crippen LogP contribution in [0.25, 0.3) is 0 Å². The fraction of sp³-hybridized carbons (Fsp3) is 0.231. The molecule has 0 radical (unpaired) electrons. The molecule has 0 aliphatic carbocycles. The molecule has 2 rings (SSSR count). The molecule has 0 bridgehead atoms. The summed E-state index contributed by atoms with van der Waals surface area (Å²) in [7, 11) is 1.59. The number of halogens is 3. The van der Waals surface area contributed by atoms with E-state index in [-0.39, 0.29) is 4.80 Å². The topological polar surface area (TPSA) is 34.4 Å². The van der Waals surface area contributed by atoms with E-state index < -0.39 is 12.1 Å². The molecule has 1 amide bonds. The van der Waals surface area contributed by atoms with Crippen molar-refractivity contribution in [2.24, 2.45) is 12.0 Å². The predicted octanol–water partition coefficient (Wildman–Crippen LogP) is 2.67. The molecular weight excluding hydrogens is 289 g/mol. The third-order valence-electron chi connectivity index (χ3n) is 2.69. The molecule has 106 valence electrons. The number of benzene rings is 1. The first kappa shape index (κ1) is 14.5. The number of alkyl halides is 3. The first-order chi connectivity index (χ1) is 9.38. The number of hydrogen-bond acceptors (Lipinski definition) is 2. The van der Waals surface area contributed by atoms with Crippen LogP contribution in [0.3, 0.4) is 0 Å². The van der Waals surface area contributed by atoms with Crippen LogP contribution in [0.4, 0.5) is 13.2 Å². The molecule has 3 nitrogen and oxygen atoms in total. The number of rotatable bonds is 2. The highest BCUT2D eigenvalue weighted by molar-refractivity contribution is 7.07. The second-order valence-electron chi connectivity index (χ2n) is 4.15. The molecule has 0 atom stereocenters. The zero-order chi connectivity index (χ0) is 14.8. The molecular formula is C13H11F3N2OS. The summed E-state index contributed by atoms with van der Waals surface area (Å²) in [6.07, 6.45) is -4.36. The summed E-state index contributed by atoms with van der Waals surface area (Å²) in [5, 5.41) is 1.70. The lowest BCUT2D eigenvalue weighted by molar-refractivity contribution is -0.169. The molecule has 0 fully saturated rings. The maximum absolute atomic E-state index is 12.2. The lowest BCUT2D eigenvalue weighted by atomic mass is 10.1. The molecule has 0 N–H and O–H groups in total. The highest BCUT2D eigenvalue weighted by Crippen LogP contribution is 2.16. The number of amides is 1. The molecule has 20 heavy (non-hydrogen) atoms. The number of carbonyl (C=O) groups is 1. The van der Waals surface area contributed by atoms with Gasteiger partial charge in [0.2, 0.25) is 0 Å². The van der Waals surface area contributed by atoms with Crippen molar-refractivity contribution in [1.29, 1.82) is 0 Å². The Balaban J connectivity index is 2.28. The second-order valence-corrected chi connectivity index (χ2v) is 4.98. The monoisotopic (exact) mass is 300 g/mol. The van der Waals surface area contributed by atoms with Crippen LogP contribution in [0.5, 0.6) is 0 Å². The summed E-state index contributed by atoms with van der Waals surface area (Å²) in [6, 6.07) is 9.52. The molecule has 2 aromatic rings. The molecule has 1 aromatic carbocycles. The van der Waals surface area contributed by atoms with Crippen molar-refractivity contribution in [1.82, 2.24) is 4.57 Å². The van der Waals surface area contributed by atoms with Crippen LogP contribution in [0.1, 0.15) is 11.3 Å². The van der Waals surface area contributed by atoms with Gasteiger partial charge in [0.25, 0.3) is 0 Å². The van der Waals surface area contributed by atoms with Gasteiger partial charge in [-0.1, -0.05) is 30.3 Å². The zero-order valence-corrected chi connectivity index (χ0v) is 11.3. The summed E-state index contributed by atoms with van der Waals surface area (Å²) in [4.78, 5) is 14.0. The van der Waals surface area contributed by atoms with Crippen molar-refractivity contribution in [3.8, 4) is 0 Å². The van der Waals surface area contributed by atoms with Gasteiger partial charge in [-0.15, -0.1) is 11.3 Å². The van der Waals surface area contributed by atoms with Crippen LogP contribution in [0.2, 0.25) is 0 Å². The van der Waals surface area contributed by atoms with Crippen LogP contribution in [-0.4, -0.2) is 16.7 Å². The van der Waals surface area contributed by atoms with Crippen molar-refractivity contribution >= 4 is 17.2 Å². The Morgan fingerprint density at radius 3 is 2.55 bits per heavy atom. The minimum atomic E-state index is -4.93. The Kier molecular flexibility index (Phi) is 4.08. The van der Waals surface area contributed by atoms with E-state index in [2.05, 4.69) is 4.99 Å². The summed E-state index contributed by atoms with van der Waals surface area (Å²) in [5.74, 6) is -2.08. The number of nitrogens with zero attached hydrogens (tertiary/aromatic N) is 2. The lowest BCUT2D eigenvalue weighted by Crippen LogP contribution is -2.25. The average Bonchev–Trinajstić information content (AvgIpc) is 2.72. The zero-order valence-electron chi connectivity index (χ0n) is 10.5. The molecule has 1 aromatic heterocycles. The fourth-order valence-corrected chi connectivity index (χ4v) is 2.51. The van der Waals surface area contributed by atoms with Crippen LogP contribution < -0.4 is 4.80 Å². The van der Waals surface area contributed by atoms with Crippen LogP contribution in [-0.2, 0) is 18.3 Å². The Bertz CT molecular complexity index is 671. The smallest absolute Gasteiger partial charge is 0.323 e. The third kappa shape index (κ3) is 3.36. The SMILES string of the molecule is Cn1c(Cc2ccccc2)csc1=NC(=O)C(F)(F)F. The fourth-order valence-electron chi connectivity index (χ4n) is 1.62. The van der Waals surface area contributed by atoms with E-state index in [0.717, 1.165) is 22.6 Å². The average molecular weight is 300 g/mol. The molecule has 0 spiro atoms. The highest BCUT2D eigenvalue weighted by atomic mass is 32.1. The Morgan fingerprint density at radius 2 is 1.95 bits per heavy atom. The summed E-state index contributed by atoms with van der Waals surface area (Å²) in [5.41, 5.74) is 1.84. The Labute approximate surface area is 117 Å². The predicted molar refractivity (Wildman–Crippen MR) is 69.2 cm³/mol. The Hall–Kier alpha value is -1.89. The van der Waals surface area contributed by atoms with Gasteiger partial charge < -0.3 is 4.57 Å². The molecule has 7 heteroatoms. The van der Waals surface area contributed by atoms with E-state index in [1.165, 1.54) is 4.57 Å². The molecule has 0 aliphatic rings. The van der Waals surface area contributed by atoms with Gasteiger partial charge in [0.15, 0.2) is 4.80 Å². The minimum absolute atomic E-state index is 0.0401. The van der Waals surface area contributed by atoms with Gasteiger partial charge in [0.1, 0.15) is 0 Å². The first-order valence-corrected chi connectivity index (χ1v) is 6.59. The van der Waals surface area contributed by atoms with Gasteiger partial charge in [0.05, 0.1) is 0 Å². The highest BCUT2D eigenvalue weighted by Gasteiger charge is 2.38. The van der Waals surface area contributed by atoms with Crippen molar-refractivity contribution in [2.45, 2.75) is 12.6 Å². The molecule has 0 saturated heterocycles. The van der Waals surface area contributed by atoms with E-state index in [1.54, 1.807) is 12.4 Å². The summed E-state index contributed by atoms with van der Waals surface area (Å²) >= 11 is 1.02. The van der Waals surface area contributed by atoms with Crippen LogP contribution in [0.15, 0.2) is 40.7 Å². The molecule has 0 saturated carbocycles. The van der Waals surface area contributed by atoms with Gasteiger partial charge in [0, 0.05) is 24.5 Å². The minimum Gasteiger partial charge on any atom is -0.323 e. The largest absolute Gasteiger partial charge is 0.473 e. The molecule has 0 aliphatic heterocycles. The number of thiazole rings is 1. The van der Waals surface area contributed by atoms with E-state index in [9.17, 15) is 18.0 Å². The Morgan fingerprint density at radius 1 is 1.30 bits per heavy atom. The second kappa shape index (κ2) is 5.62. The van der Waals surface area contributed by atoms with Gasteiger partial charge in [-0.3, -0.25) is 4.79 Å². The lowest BCUT2D eigenvalue weighted by Gasteiger charge is -2.03. The van der Waals surface area contributed by atoms with Crippen molar-refractivity contribution < 1.29 is 18.0 Å². The van der Waals surface area contributed by atoms with Crippen molar-refractivity contribution in [3.63, 3.8) is 0 Å². The number of aromatic nitrogens is 1. The van der Waals surface area contributed by atoms with Gasteiger partial charge in [-0.05, 0) is 5.56 Å². The van der Waals surface area contributed by atoms with E-state index in [4.69, 9.17) is 0 Å². The van der Waals surface area contributed by atoms with E-state index >= 15 is 0 Å². The normalized spacial score (nSPS) is 12.7. The van der Waals surface area contributed by atoms with Crippen LogP contribution in [0, 0.1) is 0 Å². The van der Waals surface area contributed by atoms with Gasteiger partial charge >= 0.3 is 12.1 Å². The number of hydrogen-bond donors (Lipinski definition) is 0. The molecule has 0 unspecified atom stereocenters. The van der Waals surface area contributed by atoms with Gasteiger partial charge in [-0.2, -0.15) is 18.2 Å². The standard InChI is InChI=1S/C13H11F3N2OS/c1-18-10(7-9-5-3-2-4-6-9)8-20-12(18)17-11(19)13(14,15)16/h2-6,8H,7H2,1H3. The molecule has 1 heterocycles. The maximum atomic E-state index is 12.2. The van der Waals surface area contributed by atoms with Crippen molar-refractivity contribution in [2.75, 3.05) is 0 Å². The quantitative estimate of drug-likeness (QED) is 0.839. The summed E-state index contributed by atoms with van der Waals surface area (Å²) in [6.45, 7) is 0. The maximum Gasteiger partial charge on any atom is 0.473 e. The summed E-state index contributed by atoms with van der Waals surface area (Å²) < 4.78 is 38.0. The van der Waals surface area contributed by atoms with E-state index in [0.29, 0.717) is 6.42 Å². The third-order valence-corrected chi connectivity index (χ3v) is 3.65. The first-order valence-electron chi connectivity index (χ1n) is 5.71. The van der Waals surface area contributed by atoms with Crippen LogP contribution >= 0.6 is 11.3 Å². The van der Waals surface area contributed by atoms with Gasteiger partial charge in [-0.25, -0.2) is 0 Å². The van der Waals surface area contributed by atoms with E-state index in [1.807, 2.05) is 30.3 Å².